The maximum absolute atomic E-state index is 11.8. The molecule has 2 amide bonds. The third-order valence-corrected chi connectivity index (χ3v) is 3.01. The van der Waals surface area contributed by atoms with E-state index < -0.39 is 0 Å². The van der Waals surface area contributed by atoms with Crippen LogP contribution in [0.15, 0.2) is 35.4 Å². The number of amides is 2. The van der Waals surface area contributed by atoms with E-state index in [4.69, 9.17) is 0 Å². The van der Waals surface area contributed by atoms with Crippen LogP contribution in [-0.4, -0.2) is 24.1 Å². The lowest BCUT2D eigenvalue weighted by molar-refractivity contribution is -0.120. The molecule has 5 heteroatoms. The molecule has 0 aliphatic heterocycles. The van der Waals surface area contributed by atoms with Crippen molar-refractivity contribution in [2.45, 2.75) is 39.5 Å². The molecule has 0 bridgehead atoms. The first-order valence-electron chi connectivity index (χ1n) is 7.34. The zero-order chi connectivity index (χ0) is 15.5. The Bertz CT molecular complexity index is 484. The van der Waals surface area contributed by atoms with E-state index in [-0.39, 0.29) is 18.4 Å². The van der Waals surface area contributed by atoms with Gasteiger partial charge in [-0.3, -0.25) is 9.59 Å². The second-order valence-electron chi connectivity index (χ2n) is 4.72. The third kappa shape index (κ3) is 6.70. The zero-order valence-corrected chi connectivity index (χ0v) is 12.7. The smallest absolute Gasteiger partial charge is 0.259 e. The largest absolute Gasteiger partial charge is 0.343 e. The summed E-state index contributed by atoms with van der Waals surface area (Å²) in [7, 11) is 0. The van der Waals surface area contributed by atoms with Crippen LogP contribution in [0.4, 0.5) is 0 Å². The van der Waals surface area contributed by atoms with Gasteiger partial charge in [0.1, 0.15) is 0 Å². The highest BCUT2D eigenvalue weighted by Gasteiger charge is 2.07. The van der Waals surface area contributed by atoms with E-state index in [1.165, 1.54) is 0 Å². The SMILES string of the molecule is CCCCC(CC)=NNC(=O)CNC(=O)c1ccccc1. The second kappa shape index (κ2) is 9.69. The van der Waals surface area contributed by atoms with Crippen molar-refractivity contribution in [2.24, 2.45) is 5.10 Å². The third-order valence-electron chi connectivity index (χ3n) is 3.01. The molecule has 2 N–H and O–H groups in total. The van der Waals surface area contributed by atoms with Crippen LogP contribution < -0.4 is 10.7 Å². The molecule has 0 heterocycles. The molecule has 1 rings (SSSR count). The Balaban J connectivity index is 2.37. The summed E-state index contributed by atoms with van der Waals surface area (Å²) < 4.78 is 0. The van der Waals surface area contributed by atoms with E-state index in [9.17, 15) is 9.59 Å². The van der Waals surface area contributed by atoms with Crippen molar-refractivity contribution in [3.8, 4) is 0 Å². The highest BCUT2D eigenvalue weighted by atomic mass is 16.2. The van der Waals surface area contributed by atoms with E-state index in [0.717, 1.165) is 31.4 Å². The molecule has 0 saturated heterocycles. The number of rotatable bonds is 8. The van der Waals surface area contributed by atoms with Gasteiger partial charge in [-0.15, -0.1) is 0 Å². The van der Waals surface area contributed by atoms with Crippen LogP contribution >= 0.6 is 0 Å². The molecule has 5 nitrogen and oxygen atoms in total. The fraction of sp³-hybridized carbons (Fsp3) is 0.438. The van der Waals surface area contributed by atoms with Crippen LogP contribution in [0.5, 0.6) is 0 Å². The summed E-state index contributed by atoms with van der Waals surface area (Å²) >= 11 is 0. The minimum atomic E-state index is -0.318. The molecule has 0 spiro atoms. The highest BCUT2D eigenvalue weighted by Crippen LogP contribution is 2.00. The van der Waals surface area contributed by atoms with Crippen molar-refractivity contribution in [3.05, 3.63) is 35.9 Å². The molecule has 0 radical (unpaired) electrons. The fourth-order valence-corrected chi connectivity index (χ4v) is 1.73. The van der Waals surface area contributed by atoms with Crippen LogP contribution in [0.1, 0.15) is 49.9 Å². The van der Waals surface area contributed by atoms with E-state index in [2.05, 4.69) is 22.8 Å². The maximum atomic E-state index is 11.8. The summed E-state index contributed by atoms with van der Waals surface area (Å²) in [6.07, 6.45) is 3.87. The molecule has 1 aromatic carbocycles. The summed E-state index contributed by atoms with van der Waals surface area (Å²) in [6, 6.07) is 8.79. The number of unbranched alkanes of at least 4 members (excludes halogenated alkanes) is 1. The monoisotopic (exact) mass is 289 g/mol. The average Bonchev–Trinajstić information content (AvgIpc) is 2.53. The normalized spacial score (nSPS) is 11.0. The van der Waals surface area contributed by atoms with E-state index in [0.29, 0.717) is 5.56 Å². The van der Waals surface area contributed by atoms with E-state index in [1.54, 1.807) is 24.3 Å². The minimum Gasteiger partial charge on any atom is -0.343 e. The van der Waals surface area contributed by atoms with Crippen LogP contribution in [-0.2, 0) is 4.79 Å². The van der Waals surface area contributed by atoms with Gasteiger partial charge >= 0.3 is 0 Å². The lowest BCUT2D eigenvalue weighted by Crippen LogP contribution is -2.35. The quantitative estimate of drug-likeness (QED) is 0.570. The molecule has 0 aliphatic rings. The summed E-state index contributed by atoms with van der Waals surface area (Å²) in [5.74, 6) is -0.585. The standard InChI is InChI=1S/C16H23N3O2/c1-3-5-11-14(4-2)18-19-15(20)12-17-16(21)13-9-7-6-8-10-13/h6-10H,3-5,11-12H2,1-2H3,(H,17,21)(H,19,20). The highest BCUT2D eigenvalue weighted by molar-refractivity contribution is 5.96. The predicted molar refractivity (Wildman–Crippen MR) is 84.2 cm³/mol. The Morgan fingerprint density at radius 1 is 1.14 bits per heavy atom. The van der Waals surface area contributed by atoms with Gasteiger partial charge in [-0.1, -0.05) is 38.5 Å². The first-order valence-corrected chi connectivity index (χ1v) is 7.34. The number of hydrazone groups is 1. The van der Waals surface area contributed by atoms with Crippen LogP contribution in [0.3, 0.4) is 0 Å². The lowest BCUT2D eigenvalue weighted by atomic mass is 10.1. The van der Waals surface area contributed by atoms with Gasteiger partial charge < -0.3 is 5.32 Å². The number of nitrogens with one attached hydrogen (secondary N) is 2. The van der Waals surface area contributed by atoms with Gasteiger partial charge in [-0.25, -0.2) is 5.43 Å². The fourth-order valence-electron chi connectivity index (χ4n) is 1.73. The molecule has 0 saturated carbocycles. The zero-order valence-electron chi connectivity index (χ0n) is 12.7. The molecular weight excluding hydrogens is 266 g/mol. The number of carbonyl (C=O) groups is 2. The minimum absolute atomic E-state index is 0.0813. The summed E-state index contributed by atoms with van der Waals surface area (Å²) in [5.41, 5.74) is 3.99. The molecule has 1 aromatic rings. The number of hydrogen-bond acceptors (Lipinski definition) is 3. The molecule has 114 valence electrons. The Morgan fingerprint density at radius 3 is 2.48 bits per heavy atom. The summed E-state index contributed by atoms with van der Waals surface area (Å²) in [4.78, 5) is 23.4. The Kier molecular flexibility index (Phi) is 7.79. The van der Waals surface area contributed by atoms with Crippen LogP contribution in [0.25, 0.3) is 0 Å². The first-order chi connectivity index (χ1) is 10.2. The summed E-state index contributed by atoms with van der Waals surface area (Å²) in [5, 5.41) is 6.66. The van der Waals surface area contributed by atoms with Gasteiger partial charge in [0.2, 0.25) is 0 Å². The van der Waals surface area contributed by atoms with Crippen LogP contribution in [0, 0.1) is 0 Å². The second-order valence-corrected chi connectivity index (χ2v) is 4.72. The van der Waals surface area contributed by atoms with Crippen molar-refractivity contribution in [2.75, 3.05) is 6.54 Å². The molecule has 0 aromatic heterocycles. The van der Waals surface area contributed by atoms with Crippen molar-refractivity contribution in [3.63, 3.8) is 0 Å². The molecular formula is C16H23N3O2. The van der Waals surface area contributed by atoms with Crippen molar-refractivity contribution < 1.29 is 9.59 Å². The van der Waals surface area contributed by atoms with E-state index >= 15 is 0 Å². The van der Waals surface area contributed by atoms with Gasteiger partial charge in [0.05, 0.1) is 6.54 Å². The predicted octanol–water partition coefficient (Wildman–Crippen LogP) is 2.49. The van der Waals surface area contributed by atoms with Crippen molar-refractivity contribution in [1.29, 1.82) is 0 Å². The summed E-state index contributed by atoms with van der Waals surface area (Å²) in [6.45, 7) is 4.05. The topological polar surface area (TPSA) is 70.6 Å². The number of nitrogens with zero attached hydrogens (tertiary/aromatic N) is 1. The Morgan fingerprint density at radius 2 is 1.86 bits per heavy atom. The van der Waals surface area contributed by atoms with Gasteiger partial charge in [0.15, 0.2) is 0 Å². The lowest BCUT2D eigenvalue weighted by Gasteiger charge is -2.06. The molecule has 0 aliphatic carbocycles. The van der Waals surface area contributed by atoms with Gasteiger partial charge in [0.25, 0.3) is 11.8 Å². The van der Waals surface area contributed by atoms with Crippen molar-refractivity contribution >= 4 is 17.5 Å². The molecule has 21 heavy (non-hydrogen) atoms. The van der Waals surface area contributed by atoms with Gasteiger partial charge in [-0.2, -0.15) is 5.10 Å². The van der Waals surface area contributed by atoms with Crippen molar-refractivity contribution in [1.82, 2.24) is 10.7 Å². The van der Waals surface area contributed by atoms with E-state index in [1.807, 2.05) is 13.0 Å². The first kappa shape index (κ1) is 16.9. The van der Waals surface area contributed by atoms with Crippen LogP contribution in [0.2, 0.25) is 0 Å². The molecule has 0 unspecified atom stereocenters. The maximum Gasteiger partial charge on any atom is 0.259 e. The van der Waals surface area contributed by atoms with Gasteiger partial charge in [-0.05, 0) is 31.4 Å². The molecule has 0 atom stereocenters. The molecule has 0 fully saturated rings. The number of benzene rings is 1. The Hall–Kier alpha value is -2.17. The number of carbonyl (C=O) groups excluding carboxylic acids is 2. The Labute approximate surface area is 125 Å². The number of hydrogen-bond donors (Lipinski definition) is 2. The average molecular weight is 289 g/mol. The van der Waals surface area contributed by atoms with Gasteiger partial charge in [0, 0.05) is 11.3 Å².